The molecule has 0 spiro atoms. The van der Waals surface area contributed by atoms with E-state index in [2.05, 4.69) is 26.9 Å². The van der Waals surface area contributed by atoms with Crippen LogP contribution in [0.3, 0.4) is 0 Å². The molecule has 0 aliphatic carbocycles. The molecule has 0 bridgehead atoms. The molecule has 16 heavy (non-hydrogen) atoms. The van der Waals surface area contributed by atoms with E-state index in [0.717, 1.165) is 43.1 Å². The Morgan fingerprint density at radius 1 is 1.38 bits per heavy atom. The van der Waals surface area contributed by atoms with Crippen molar-refractivity contribution in [2.45, 2.75) is 6.54 Å². The van der Waals surface area contributed by atoms with Crippen LogP contribution < -0.4 is 4.74 Å². The molecule has 1 aliphatic rings. The molecule has 1 fully saturated rings. The van der Waals surface area contributed by atoms with Crippen LogP contribution in [0.2, 0.25) is 0 Å². The second-order valence-electron chi connectivity index (χ2n) is 3.82. The van der Waals surface area contributed by atoms with Gasteiger partial charge < -0.3 is 9.47 Å². The summed E-state index contributed by atoms with van der Waals surface area (Å²) in [5.41, 5.74) is 1.22. The van der Waals surface area contributed by atoms with Crippen LogP contribution >= 0.6 is 15.9 Å². The number of methoxy groups -OCH3 is 1. The lowest BCUT2D eigenvalue weighted by Crippen LogP contribution is -2.35. The number of benzene rings is 1. The second kappa shape index (κ2) is 5.66. The Kier molecular flexibility index (Phi) is 4.21. The second-order valence-corrected chi connectivity index (χ2v) is 4.68. The number of morpholine rings is 1. The first-order valence-corrected chi connectivity index (χ1v) is 6.22. The van der Waals surface area contributed by atoms with Crippen LogP contribution in [0.15, 0.2) is 22.7 Å². The SMILES string of the molecule is COc1c(Br)cccc1CN1CCOCC1. The average Bonchev–Trinajstić information content (AvgIpc) is 2.31. The first-order chi connectivity index (χ1) is 7.81. The summed E-state index contributed by atoms with van der Waals surface area (Å²) in [6.45, 7) is 4.57. The third kappa shape index (κ3) is 2.75. The molecule has 0 N–H and O–H groups in total. The van der Waals surface area contributed by atoms with E-state index >= 15 is 0 Å². The summed E-state index contributed by atoms with van der Waals surface area (Å²) in [6.07, 6.45) is 0. The minimum Gasteiger partial charge on any atom is -0.495 e. The van der Waals surface area contributed by atoms with Gasteiger partial charge in [0.25, 0.3) is 0 Å². The predicted molar refractivity (Wildman–Crippen MR) is 66.8 cm³/mol. The van der Waals surface area contributed by atoms with Crippen molar-refractivity contribution in [1.82, 2.24) is 4.90 Å². The zero-order chi connectivity index (χ0) is 11.4. The number of hydrogen-bond acceptors (Lipinski definition) is 3. The van der Waals surface area contributed by atoms with E-state index in [-0.39, 0.29) is 0 Å². The van der Waals surface area contributed by atoms with Crippen LogP contribution in [0.25, 0.3) is 0 Å². The van der Waals surface area contributed by atoms with Gasteiger partial charge >= 0.3 is 0 Å². The highest BCUT2D eigenvalue weighted by Gasteiger charge is 2.14. The van der Waals surface area contributed by atoms with E-state index in [0.29, 0.717) is 0 Å². The van der Waals surface area contributed by atoms with Crippen LogP contribution in [-0.4, -0.2) is 38.3 Å². The normalized spacial score (nSPS) is 17.4. The number of halogens is 1. The van der Waals surface area contributed by atoms with Gasteiger partial charge in [-0.15, -0.1) is 0 Å². The molecule has 2 rings (SSSR count). The molecule has 88 valence electrons. The van der Waals surface area contributed by atoms with E-state index < -0.39 is 0 Å². The third-order valence-corrected chi connectivity index (χ3v) is 3.37. The smallest absolute Gasteiger partial charge is 0.137 e. The Hall–Kier alpha value is -0.580. The lowest BCUT2D eigenvalue weighted by Gasteiger charge is -2.27. The van der Waals surface area contributed by atoms with E-state index in [1.165, 1.54) is 5.56 Å². The molecular weight excluding hydrogens is 270 g/mol. The zero-order valence-electron chi connectivity index (χ0n) is 9.41. The molecule has 1 aliphatic heterocycles. The predicted octanol–water partition coefficient (Wildman–Crippen LogP) is 2.29. The van der Waals surface area contributed by atoms with Gasteiger partial charge in [-0.2, -0.15) is 0 Å². The van der Waals surface area contributed by atoms with Crippen LogP contribution in [-0.2, 0) is 11.3 Å². The highest BCUT2D eigenvalue weighted by molar-refractivity contribution is 9.10. The number of hydrogen-bond donors (Lipinski definition) is 0. The van der Waals surface area contributed by atoms with Crippen molar-refractivity contribution in [2.24, 2.45) is 0 Å². The fourth-order valence-electron chi connectivity index (χ4n) is 1.91. The molecule has 1 saturated heterocycles. The van der Waals surface area contributed by atoms with Gasteiger partial charge in [0.2, 0.25) is 0 Å². The maximum Gasteiger partial charge on any atom is 0.137 e. The first-order valence-electron chi connectivity index (χ1n) is 5.42. The van der Waals surface area contributed by atoms with Crippen molar-refractivity contribution < 1.29 is 9.47 Å². The van der Waals surface area contributed by atoms with Crippen LogP contribution in [0.4, 0.5) is 0 Å². The standard InChI is InChI=1S/C12H16BrNO2/c1-15-12-10(3-2-4-11(12)13)9-14-5-7-16-8-6-14/h2-4H,5-9H2,1H3. The van der Waals surface area contributed by atoms with Crippen molar-refractivity contribution in [2.75, 3.05) is 33.4 Å². The molecule has 4 heteroatoms. The van der Waals surface area contributed by atoms with Crippen LogP contribution in [0.1, 0.15) is 5.56 Å². The Labute approximate surface area is 104 Å². The largest absolute Gasteiger partial charge is 0.495 e. The third-order valence-electron chi connectivity index (χ3n) is 2.75. The fraction of sp³-hybridized carbons (Fsp3) is 0.500. The molecule has 0 radical (unpaired) electrons. The number of ether oxygens (including phenoxy) is 2. The van der Waals surface area contributed by atoms with Gasteiger partial charge in [-0.1, -0.05) is 12.1 Å². The molecule has 3 nitrogen and oxygen atoms in total. The van der Waals surface area contributed by atoms with Crippen molar-refractivity contribution in [1.29, 1.82) is 0 Å². The van der Waals surface area contributed by atoms with E-state index in [1.807, 2.05) is 12.1 Å². The van der Waals surface area contributed by atoms with Gasteiger partial charge in [-0.25, -0.2) is 0 Å². The Bertz CT molecular complexity index is 351. The van der Waals surface area contributed by atoms with E-state index in [9.17, 15) is 0 Å². The van der Waals surface area contributed by atoms with E-state index in [4.69, 9.17) is 9.47 Å². The highest BCUT2D eigenvalue weighted by Crippen LogP contribution is 2.29. The number of rotatable bonds is 3. The molecule has 0 unspecified atom stereocenters. The number of nitrogens with zero attached hydrogens (tertiary/aromatic N) is 1. The maximum absolute atomic E-state index is 5.41. The van der Waals surface area contributed by atoms with Gasteiger partial charge in [-0.3, -0.25) is 4.90 Å². The molecule has 0 amide bonds. The summed E-state index contributed by atoms with van der Waals surface area (Å²) in [5, 5.41) is 0. The van der Waals surface area contributed by atoms with Gasteiger partial charge in [0.1, 0.15) is 5.75 Å². The molecule has 1 aromatic rings. The van der Waals surface area contributed by atoms with Crippen molar-refractivity contribution in [3.05, 3.63) is 28.2 Å². The summed E-state index contributed by atoms with van der Waals surface area (Å²) in [5.74, 6) is 0.939. The van der Waals surface area contributed by atoms with Crippen molar-refractivity contribution in [3.63, 3.8) is 0 Å². The van der Waals surface area contributed by atoms with Gasteiger partial charge in [-0.05, 0) is 22.0 Å². The molecule has 0 atom stereocenters. The maximum atomic E-state index is 5.41. The number of para-hydroxylation sites is 1. The van der Waals surface area contributed by atoms with Gasteiger partial charge in [0.05, 0.1) is 24.8 Å². The quantitative estimate of drug-likeness (QED) is 0.851. The van der Waals surface area contributed by atoms with Gasteiger partial charge in [0, 0.05) is 25.2 Å². The average molecular weight is 286 g/mol. The summed E-state index contributed by atoms with van der Waals surface area (Å²) < 4.78 is 11.8. The summed E-state index contributed by atoms with van der Waals surface area (Å²) in [4.78, 5) is 2.38. The first kappa shape index (κ1) is 11.9. The van der Waals surface area contributed by atoms with Crippen LogP contribution in [0, 0.1) is 0 Å². The van der Waals surface area contributed by atoms with E-state index in [1.54, 1.807) is 7.11 Å². The summed E-state index contributed by atoms with van der Waals surface area (Å²) in [6, 6.07) is 6.16. The lowest BCUT2D eigenvalue weighted by molar-refractivity contribution is 0.0339. The molecule has 1 heterocycles. The van der Waals surface area contributed by atoms with Crippen LogP contribution in [0.5, 0.6) is 5.75 Å². The van der Waals surface area contributed by atoms with Crippen molar-refractivity contribution >= 4 is 15.9 Å². The minimum absolute atomic E-state index is 0.830. The molecule has 0 saturated carbocycles. The van der Waals surface area contributed by atoms with Gasteiger partial charge in [0.15, 0.2) is 0 Å². The highest BCUT2D eigenvalue weighted by atomic mass is 79.9. The monoisotopic (exact) mass is 285 g/mol. The molecule has 1 aromatic carbocycles. The lowest BCUT2D eigenvalue weighted by atomic mass is 10.2. The Morgan fingerprint density at radius 3 is 2.81 bits per heavy atom. The fourth-order valence-corrected chi connectivity index (χ4v) is 2.48. The zero-order valence-corrected chi connectivity index (χ0v) is 11.0. The topological polar surface area (TPSA) is 21.7 Å². The summed E-state index contributed by atoms with van der Waals surface area (Å²) >= 11 is 3.50. The minimum atomic E-state index is 0.830. The molecule has 0 aromatic heterocycles. The Balaban J connectivity index is 2.10. The van der Waals surface area contributed by atoms with Crippen molar-refractivity contribution in [3.8, 4) is 5.75 Å². The molecular formula is C12H16BrNO2. The summed E-state index contributed by atoms with van der Waals surface area (Å²) in [7, 11) is 1.71. The Morgan fingerprint density at radius 2 is 2.12 bits per heavy atom.